The van der Waals surface area contributed by atoms with Gasteiger partial charge in [0.25, 0.3) is 0 Å². The first kappa shape index (κ1) is 13.1. The molecule has 0 bridgehead atoms. The zero-order valence-corrected chi connectivity index (χ0v) is 12.1. The highest BCUT2D eigenvalue weighted by molar-refractivity contribution is 5.93. The molecule has 0 saturated carbocycles. The highest BCUT2D eigenvalue weighted by Gasteiger charge is 2.21. The van der Waals surface area contributed by atoms with Gasteiger partial charge in [0.1, 0.15) is 0 Å². The largest absolute Gasteiger partial charge is 0.361 e. The Hall–Kier alpha value is -2.63. The fraction of sp³-hybridized carbons (Fsp3) is 0.312. The number of carbonyl (C=O) groups excluding carboxylic acids is 1. The molecule has 0 atom stereocenters. The quantitative estimate of drug-likeness (QED) is 0.806. The van der Waals surface area contributed by atoms with Crippen LogP contribution in [-0.2, 0) is 11.3 Å². The smallest absolute Gasteiger partial charge is 0.246 e. The second-order valence-corrected chi connectivity index (χ2v) is 5.53. The standard InChI is InChI=1S/C16H16N4O2/c21-15-6-1-2-9-20(15)10-14-18-16(19-22-14)12-4-3-5-13-11(12)7-8-17-13/h3-5,7-8,17H,1-2,6,9-10H2. The third-order valence-electron chi connectivity index (χ3n) is 4.05. The van der Waals surface area contributed by atoms with Gasteiger partial charge in [0.05, 0.1) is 6.54 Å². The molecule has 3 heterocycles. The van der Waals surface area contributed by atoms with Crippen LogP contribution >= 0.6 is 0 Å². The number of piperidine rings is 1. The number of fused-ring (bicyclic) bond motifs is 1. The minimum atomic E-state index is 0.165. The summed E-state index contributed by atoms with van der Waals surface area (Å²) >= 11 is 0. The Balaban J connectivity index is 1.61. The van der Waals surface area contributed by atoms with Crippen LogP contribution in [0.3, 0.4) is 0 Å². The van der Waals surface area contributed by atoms with Crippen molar-refractivity contribution in [2.45, 2.75) is 25.8 Å². The van der Waals surface area contributed by atoms with Gasteiger partial charge in [0.15, 0.2) is 0 Å². The van der Waals surface area contributed by atoms with Crippen molar-refractivity contribution in [3.63, 3.8) is 0 Å². The first-order chi connectivity index (χ1) is 10.8. The minimum absolute atomic E-state index is 0.165. The number of likely N-dealkylation sites (tertiary alicyclic amines) is 1. The first-order valence-electron chi connectivity index (χ1n) is 7.48. The van der Waals surface area contributed by atoms with Crippen LogP contribution in [0.25, 0.3) is 22.3 Å². The number of amides is 1. The average molecular weight is 296 g/mol. The van der Waals surface area contributed by atoms with Crippen LogP contribution in [0, 0.1) is 0 Å². The lowest BCUT2D eigenvalue weighted by atomic mass is 10.1. The second-order valence-electron chi connectivity index (χ2n) is 5.53. The molecule has 0 radical (unpaired) electrons. The Bertz CT molecular complexity index is 820. The summed E-state index contributed by atoms with van der Waals surface area (Å²) in [6.45, 7) is 1.17. The van der Waals surface area contributed by atoms with E-state index in [1.807, 2.05) is 30.5 Å². The van der Waals surface area contributed by atoms with Crippen LogP contribution < -0.4 is 0 Å². The molecule has 6 heteroatoms. The maximum absolute atomic E-state index is 11.8. The molecule has 0 aliphatic carbocycles. The van der Waals surface area contributed by atoms with Gasteiger partial charge in [0.2, 0.25) is 17.6 Å². The lowest BCUT2D eigenvalue weighted by molar-refractivity contribution is -0.134. The number of aromatic nitrogens is 3. The third-order valence-corrected chi connectivity index (χ3v) is 4.05. The molecule has 4 rings (SSSR count). The SMILES string of the molecule is O=C1CCCCN1Cc1nc(-c2cccc3[nH]ccc23)no1. The number of carbonyl (C=O) groups is 1. The maximum Gasteiger partial charge on any atom is 0.246 e. The van der Waals surface area contributed by atoms with Crippen LogP contribution in [0.2, 0.25) is 0 Å². The number of H-pyrrole nitrogens is 1. The van der Waals surface area contributed by atoms with E-state index in [0.29, 0.717) is 24.7 Å². The summed E-state index contributed by atoms with van der Waals surface area (Å²) in [7, 11) is 0. The molecule has 1 N–H and O–H groups in total. The van der Waals surface area contributed by atoms with E-state index in [1.165, 1.54) is 0 Å². The summed E-state index contributed by atoms with van der Waals surface area (Å²) < 4.78 is 5.33. The summed E-state index contributed by atoms with van der Waals surface area (Å²) in [5.41, 5.74) is 1.97. The predicted molar refractivity (Wildman–Crippen MR) is 80.9 cm³/mol. The summed E-state index contributed by atoms with van der Waals surface area (Å²) in [6, 6.07) is 7.93. The van der Waals surface area contributed by atoms with E-state index in [1.54, 1.807) is 4.90 Å². The van der Waals surface area contributed by atoms with Crippen molar-refractivity contribution in [3.05, 3.63) is 36.4 Å². The van der Waals surface area contributed by atoms with E-state index in [-0.39, 0.29) is 5.91 Å². The van der Waals surface area contributed by atoms with Gasteiger partial charge in [-0.2, -0.15) is 4.98 Å². The number of rotatable bonds is 3. The molecule has 0 spiro atoms. The van der Waals surface area contributed by atoms with Gasteiger partial charge in [-0.25, -0.2) is 0 Å². The predicted octanol–water partition coefficient (Wildman–Crippen LogP) is 2.73. The number of aromatic amines is 1. The van der Waals surface area contributed by atoms with E-state index in [0.717, 1.165) is 35.9 Å². The van der Waals surface area contributed by atoms with Crippen LogP contribution in [-0.4, -0.2) is 32.5 Å². The molecule has 22 heavy (non-hydrogen) atoms. The molecule has 1 fully saturated rings. The molecule has 1 aromatic carbocycles. The monoisotopic (exact) mass is 296 g/mol. The van der Waals surface area contributed by atoms with Crippen molar-refractivity contribution in [1.29, 1.82) is 0 Å². The van der Waals surface area contributed by atoms with Gasteiger partial charge in [-0.3, -0.25) is 4.79 Å². The molecular formula is C16H16N4O2. The molecule has 1 aliphatic rings. The van der Waals surface area contributed by atoms with E-state index < -0.39 is 0 Å². The first-order valence-corrected chi connectivity index (χ1v) is 7.48. The van der Waals surface area contributed by atoms with Crippen LogP contribution in [0.15, 0.2) is 35.0 Å². The van der Waals surface area contributed by atoms with Crippen LogP contribution in [0.1, 0.15) is 25.2 Å². The molecule has 3 aromatic rings. The fourth-order valence-corrected chi connectivity index (χ4v) is 2.90. The second kappa shape index (κ2) is 5.29. The van der Waals surface area contributed by atoms with Crippen molar-refractivity contribution >= 4 is 16.8 Å². The number of nitrogens with zero attached hydrogens (tertiary/aromatic N) is 3. The zero-order valence-electron chi connectivity index (χ0n) is 12.1. The summed E-state index contributed by atoms with van der Waals surface area (Å²) in [5.74, 6) is 1.21. The summed E-state index contributed by atoms with van der Waals surface area (Å²) in [6.07, 6.45) is 4.51. The van der Waals surface area contributed by atoms with Gasteiger partial charge in [-0.05, 0) is 25.0 Å². The van der Waals surface area contributed by atoms with E-state index in [9.17, 15) is 4.79 Å². The summed E-state index contributed by atoms with van der Waals surface area (Å²) in [5, 5.41) is 5.13. The Kier molecular flexibility index (Phi) is 3.14. The molecule has 1 aliphatic heterocycles. The van der Waals surface area contributed by atoms with Crippen LogP contribution in [0.4, 0.5) is 0 Å². The van der Waals surface area contributed by atoms with Crippen molar-refractivity contribution in [1.82, 2.24) is 20.0 Å². The van der Waals surface area contributed by atoms with Gasteiger partial charge in [-0.15, -0.1) is 0 Å². The van der Waals surface area contributed by atoms with Gasteiger partial charge in [0, 0.05) is 35.6 Å². The topological polar surface area (TPSA) is 75.0 Å². The molecule has 1 amide bonds. The van der Waals surface area contributed by atoms with Crippen molar-refractivity contribution in [2.24, 2.45) is 0 Å². The molecule has 112 valence electrons. The molecule has 1 saturated heterocycles. The average Bonchev–Trinajstić information content (AvgIpc) is 3.18. The minimum Gasteiger partial charge on any atom is -0.361 e. The van der Waals surface area contributed by atoms with Crippen molar-refractivity contribution in [2.75, 3.05) is 6.54 Å². The fourth-order valence-electron chi connectivity index (χ4n) is 2.90. The van der Waals surface area contributed by atoms with E-state index in [2.05, 4.69) is 15.1 Å². The Labute approximate surface area is 127 Å². The number of benzene rings is 1. The van der Waals surface area contributed by atoms with Gasteiger partial charge >= 0.3 is 0 Å². The lowest BCUT2D eigenvalue weighted by Gasteiger charge is -2.24. The van der Waals surface area contributed by atoms with E-state index in [4.69, 9.17) is 4.52 Å². The highest BCUT2D eigenvalue weighted by atomic mass is 16.5. The van der Waals surface area contributed by atoms with E-state index >= 15 is 0 Å². The third kappa shape index (κ3) is 2.26. The van der Waals surface area contributed by atoms with Gasteiger partial charge < -0.3 is 14.4 Å². The number of hydrogen-bond donors (Lipinski definition) is 1. The molecular weight excluding hydrogens is 280 g/mol. The Morgan fingerprint density at radius 2 is 2.23 bits per heavy atom. The molecule has 6 nitrogen and oxygen atoms in total. The maximum atomic E-state index is 11.8. The number of nitrogens with one attached hydrogen (secondary N) is 1. The normalized spacial score (nSPS) is 15.6. The number of hydrogen-bond acceptors (Lipinski definition) is 4. The van der Waals surface area contributed by atoms with Gasteiger partial charge in [-0.1, -0.05) is 17.3 Å². The van der Waals surface area contributed by atoms with Crippen molar-refractivity contribution in [3.8, 4) is 11.4 Å². The summed E-state index contributed by atoms with van der Waals surface area (Å²) in [4.78, 5) is 21.3. The zero-order chi connectivity index (χ0) is 14.9. The van der Waals surface area contributed by atoms with Crippen molar-refractivity contribution < 1.29 is 9.32 Å². The van der Waals surface area contributed by atoms with Crippen LogP contribution in [0.5, 0.6) is 0 Å². The lowest BCUT2D eigenvalue weighted by Crippen LogP contribution is -2.34. The molecule has 0 unspecified atom stereocenters. The Morgan fingerprint density at radius 3 is 3.14 bits per heavy atom. The highest BCUT2D eigenvalue weighted by Crippen LogP contribution is 2.26. The Morgan fingerprint density at radius 1 is 1.27 bits per heavy atom. The molecule has 2 aromatic heterocycles.